The van der Waals surface area contributed by atoms with E-state index in [1.807, 2.05) is 0 Å². The molecule has 3 nitrogen and oxygen atoms in total. The topological polar surface area (TPSA) is 46.5 Å². The molecule has 0 bridgehead atoms. The monoisotopic (exact) mass is 238 g/mol. The van der Waals surface area contributed by atoms with Crippen LogP contribution in [0.2, 0.25) is 0 Å². The SMILES string of the molecule is O=C(O)C1CCCCC1Oc1cccc(F)c1. The standard InChI is InChI=1S/C13H15FO3/c14-9-4-3-5-10(8-9)17-12-7-2-1-6-11(12)13(15)16/h3-5,8,11-12H,1-2,6-7H2,(H,15,16). The van der Waals surface area contributed by atoms with Gasteiger partial charge in [-0.15, -0.1) is 0 Å². The molecule has 2 atom stereocenters. The van der Waals surface area contributed by atoms with E-state index in [1.54, 1.807) is 12.1 Å². The number of carboxylic acid groups (broad SMARTS) is 1. The molecule has 1 aliphatic carbocycles. The maximum Gasteiger partial charge on any atom is 0.310 e. The van der Waals surface area contributed by atoms with Gasteiger partial charge in [0.2, 0.25) is 0 Å². The van der Waals surface area contributed by atoms with Crippen molar-refractivity contribution in [3.63, 3.8) is 0 Å². The van der Waals surface area contributed by atoms with Gasteiger partial charge in [-0.3, -0.25) is 4.79 Å². The Balaban J connectivity index is 2.08. The molecule has 17 heavy (non-hydrogen) atoms. The number of hydrogen-bond acceptors (Lipinski definition) is 2. The van der Waals surface area contributed by atoms with Gasteiger partial charge in [0.15, 0.2) is 0 Å². The van der Waals surface area contributed by atoms with E-state index in [0.29, 0.717) is 18.6 Å². The summed E-state index contributed by atoms with van der Waals surface area (Å²) in [5.41, 5.74) is 0. The lowest BCUT2D eigenvalue weighted by atomic mass is 9.86. The van der Waals surface area contributed by atoms with Crippen molar-refractivity contribution >= 4 is 5.97 Å². The van der Waals surface area contributed by atoms with Crippen LogP contribution in [-0.2, 0) is 4.79 Å². The molecule has 0 saturated heterocycles. The number of ether oxygens (including phenoxy) is 1. The van der Waals surface area contributed by atoms with E-state index in [0.717, 1.165) is 12.8 Å². The summed E-state index contributed by atoms with van der Waals surface area (Å²) >= 11 is 0. The first-order valence-electron chi connectivity index (χ1n) is 5.82. The minimum Gasteiger partial charge on any atom is -0.489 e. The quantitative estimate of drug-likeness (QED) is 0.880. The van der Waals surface area contributed by atoms with Crippen LogP contribution in [0.4, 0.5) is 4.39 Å². The highest BCUT2D eigenvalue weighted by Gasteiger charge is 2.32. The fourth-order valence-electron chi connectivity index (χ4n) is 2.24. The Bertz CT molecular complexity index is 405. The maximum atomic E-state index is 13.0. The predicted molar refractivity (Wildman–Crippen MR) is 60.4 cm³/mol. The third-order valence-corrected chi connectivity index (χ3v) is 3.10. The summed E-state index contributed by atoms with van der Waals surface area (Å²) in [6.45, 7) is 0. The molecule has 92 valence electrons. The van der Waals surface area contributed by atoms with E-state index in [1.165, 1.54) is 12.1 Å². The summed E-state index contributed by atoms with van der Waals surface area (Å²) in [4.78, 5) is 11.1. The molecule has 1 saturated carbocycles. The Kier molecular flexibility index (Phi) is 3.61. The highest BCUT2D eigenvalue weighted by Crippen LogP contribution is 2.28. The Morgan fingerprint density at radius 1 is 1.35 bits per heavy atom. The minimum absolute atomic E-state index is 0.344. The van der Waals surface area contributed by atoms with Crippen molar-refractivity contribution in [3.05, 3.63) is 30.1 Å². The zero-order valence-electron chi connectivity index (χ0n) is 9.43. The van der Waals surface area contributed by atoms with Gasteiger partial charge in [-0.05, 0) is 31.4 Å². The first kappa shape index (κ1) is 11.9. The van der Waals surface area contributed by atoms with E-state index >= 15 is 0 Å². The zero-order valence-corrected chi connectivity index (χ0v) is 9.43. The normalized spacial score (nSPS) is 24.3. The number of hydrogen-bond donors (Lipinski definition) is 1. The van der Waals surface area contributed by atoms with Crippen LogP contribution in [0.1, 0.15) is 25.7 Å². The van der Waals surface area contributed by atoms with Gasteiger partial charge >= 0.3 is 5.97 Å². The Labute approximate surface area is 99.2 Å². The van der Waals surface area contributed by atoms with E-state index in [4.69, 9.17) is 9.84 Å². The molecule has 0 aliphatic heterocycles. The van der Waals surface area contributed by atoms with Crippen molar-refractivity contribution in [3.8, 4) is 5.75 Å². The predicted octanol–water partition coefficient (Wildman–Crippen LogP) is 2.85. The first-order valence-corrected chi connectivity index (χ1v) is 5.82. The number of benzene rings is 1. The lowest BCUT2D eigenvalue weighted by Gasteiger charge is -2.29. The van der Waals surface area contributed by atoms with E-state index in [-0.39, 0.29) is 11.9 Å². The average Bonchev–Trinajstić information content (AvgIpc) is 2.29. The van der Waals surface area contributed by atoms with Gasteiger partial charge in [-0.1, -0.05) is 12.5 Å². The van der Waals surface area contributed by atoms with Crippen molar-refractivity contribution in [1.82, 2.24) is 0 Å². The molecule has 0 radical (unpaired) electrons. The van der Waals surface area contributed by atoms with Crippen LogP contribution < -0.4 is 4.74 Å². The van der Waals surface area contributed by atoms with E-state index in [9.17, 15) is 9.18 Å². The summed E-state index contributed by atoms with van der Waals surface area (Å²) in [6, 6.07) is 5.83. The number of carboxylic acids is 1. The minimum atomic E-state index is -0.828. The van der Waals surface area contributed by atoms with Crippen LogP contribution in [0, 0.1) is 11.7 Å². The Hall–Kier alpha value is -1.58. The third kappa shape index (κ3) is 2.96. The summed E-state index contributed by atoms with van der Waals surface area (Å²) in [7, 11) is 0. The van der Waals surface area contributed by atoms with Gasteiger partial charge in [0.25, 0.3) is 0 Å². The fourth-order valence-corrected chi connectivity index (χ4v) is 2.24. The number of aliphatic carboxylic acids is 1. The second kappa shape index (κ2) is 5.17. The van der Waals surface area contributed by atoms with Crippen LogP contribution in [0.25, 0.3) is 0 Å². The average molecular weight is 238 g/mol. The molecule has 0 aromatic heterocycles. The molecule has 0 spiro atoms. The van der Waals surface area contributed by atoms with Crippen LogP contribution in [-0.4, -0.2) is 17.2 Å². The fraction of sp³-hybridized carbons (Fsp3) is 0.462. The first-order chi connectivity index (χ1) is 8.16. The van der Waals surface area contributed by atoms with Crippen LogP contribution in [0.5, 0.6) is 5.75 Å². The van der Waals surface area contributed by atoms with Crippen molar-refractivity contribution in [1.29, 1.82) is 0 Å². The highest BCUT2D eigenvalue weighted by atomic mass is 19.1. The summed E-state index contributed by atoms with van der Waals surface area (Å²) in [5.74, 6) is -1.27. The van der Waals surface area contributed by atoms with Gasteiger partial charge in [0.1, 0.15) is 17.7 Å². The number of rotatable bonds is 3. The van der Waals surface area contributed by atoms with E-state index < -0.39 is 11.9 Å². The lowest BCUT2D eigenvalue weighted by Crippen LogP contribution is -2.35. The van der Waals surface area contributed by atoms with Crippen molar-refractivity contribution < 1.29 is 19.0 Å². The van der Waals surface area contributed by atoms with Gasteiger partial charge < -0.3 is 9.84 Å². The second-order valence-electron chi connectivity index (χ2n) is 4.34. The highest BCUT2D eigenvalue weighted by molar-refractivity contribution is 5.70. The largest absolute Gasteiger partial charge is 0.489 e. The molecule has 2 rings (SSSR count). The van der Waals surface area contributed by atoms with Crippen LogP contribution in [0.3, 0.4) is 0 Å². The molecule has 1 N–H and O–H groups in total. The Morgan fingerprint density at radius 2 is 2.12 bits per heavy atom. The summed E-state index contributed by atoms with van der Waals surface area (Å²) in [5, 5.41) is 9.09. The van der Waals surface area contributed by atoms with Gasteiger partial charge in [-0.25, -0.2) is 4.39 Å². The summed E-state index contributed by atoms with van der Waals surface area (Å²) in [6.07, 6.45) is 2.88. The molecule has 1 aromatic carbocycles. The van der Waals surface area contributed by atoms with Crippen LogP contribution >= 0.6 is 0 Å². The molecular formula is C13H15FO3. The smallest absolute Gasteiger partial charge is 0.310 e. The van der Waals surface area contributed by atoms with Crippen molar-refractivity contribution in [2.24, 2.45) is 5.92 Å². The van der Waals surface area contributed by atoms with E-state index in [2.05, 4.69) is 0 Å². The third-order valence-electron chi connectivity index (χ3n) is 3.10. The molecule has 4 heteroatoms. The lowest BCUT2D eigenvalue weighted by molar-refractivity contribution is -0.146. The van der Waals surface area contributed by atoms with Gasteiger partial charge in [0.05, 0.1) is 5.92 Å². The van der Waals surface area contributed by atoms with Crippen molar-refractivity contribution in [2.75, 3.05) is 0 Å². The van der Waals surface area contributed by atoms with Crippen molar-refractivity contribution in [2.45, 2.75) is 31.8 Å². The molecule has 0 heterocycles. The molecule has 1 fully saturated rings. The molecule has 2 unspecified atom stereocenters. The second-order valence-corrected chi connectivity index (χ2v) is 4.34. The Morgan fingerprint density at radius 3 is 2.82 bits per heavy atom. The van der Waals surface area contributed by atoms with Gasteiger partial charge in [0, 0.05) is 6.07 Å². The summed E-state index contributed by atoms with van der Waals surface area (Å²) < 4.78 is 18.6. The van der Waals surface area contributed by atoms with Crippen LogP contribution in [0.15, 0.2) is 24.3 Å². The maximum absolute atomic E-state index is 13.0. The van der Waals surface area contributed by atoms with Gasteiger partial charge in [-0.2, -0.15) is 0 Å². The molecule has 1 aliphatic rings. The zero-order chi connectivity index (χ0) is 12.3. The molecule has 0 amide bonds. The molecule has 1 aromatic rings. The number of halogens is 1. The number of carbonyl (C=O) groups is 1. The molecular weight excluding hydrogens is 223 g/mol.